The Morgan fingerprint density at radius 1 is 1.08 bits per heavy atom. The lowest BCUT2D eigenvalue weighted by Crippen LogP contribution is -2.35. The maximum absolute atomic E-state index is 12.8. The number of para-hydroxylation sites is 1. The molecule has 25 heavy (non-hydrogen) atoms. The number of nitrogens with zero attached hydrogens (tertiary/aromatic N) is 1. The van der Waals surface area contributed by atoms with Crippen molar-refractivity contribution in [3.63, 3.8) is 0 Å². The van der Waals surface area contributed by atoms with Crippen LogP contribution in [0.15, 0.2) is 42.5 Å². The van der Waals surface area contributed by atoms with Crippen molar-refractivity contribution in [2.75, 3.05) is 16.8 Å². The average Bonchev–Trinajstić information content (AvgIpc) is 2.84. The molecule has 0 spiro atoms. The number of ether oxygens (including phenoxy) is 1. The number of rotatable bonds is 5. The number of benzene rings is 2. The van der Waals surface area contributed by atoms with Gasteiger partial charge < -0.3 is 10.1 Å². The predicted molar refractivity (Wildman–Crippen MR) is 98.0 cm³/mol. The molecule has 1 unspecified atom stereocenters. The minimum absolute atomic E-state index is 0.153. The smallest absolute Gasteiger partial charge is 0.256 e. The molecule has 0 bridgehead atoms. The number of hydrogen-bond donors (Lipinski definition) is 1. The highest BCUT2D eigenvalue weighted by molar-refractivity contribution is 6.23. The van der Waals surface area contributed by atoms with Crippen LogP contribution in [-0.4, -0.2) is 24.5 Å². The number of carbonyl (C=O) groups is 2. The third-order valence-electron chi connectivity index (χ3n) is 4.32. The lowest BCUT2D eigenvalue weighted by molar-refractivity contribution is -0.121. The summed E-state index contributed by atoms with van der Waals surface area (Å²) in [6.45, 7) is 6.36. The summed E-state index contributed by atoms with van der Waals surface area (Å²) in [5.74, 6) is 0.390. The Bertz CT molecular complexity index is 779. The van der Waals surface area contributed by atoms with Gasteiger partial charge in [0, 0.05) is 5.69 Å². The minimum atomic E-state index is -0.551. The Labute approximate surface area is 147 Å². The number of carbonyl (C=O) groups excluding carboxylic acids is 2. The van der Waals surface area contributed by atoms with Crippen LogP contribution in [0, 0.1) is 13.8 Å². The second-order valence-corrected chi connectivity index (χ2v) is 6.17. The third-order valence-corrected chi connectivity index (χ3v) is 4.32. The molecule has 5 heteroatoms. The summed E-state index contributed by atoms with van der Waals surface area (Å²) in [6, 6.07) is 12.6. The molecule has 1 heterocycles. The summed E-state index contributed by atoms with van der Waals surface area (Å²) in [7, 11) is 0. The largest absolute Gasteiger partial charge is 0.494 e. The van der Waals surface area contributed by atoms with Crippen LogP contribution in [0.5, 0.6) is 5.75 Å². The van der Waals surface area contributed by atoms with E-state index in [-0.39, 0.29) is 18.2 Å². The Kier molecular flexibility index (Phi) is 4.74. The topological polar surface area (TPSA) is 58.6 Å². The molecule has 2 aromatic carbocycles. The van der Waals surface area contributed by atoms with Crippen LogP contribution in [-0.2, 0) is 9.59 Å². The first-order valence-electron chi connectivity index (χ1n) is 8.43. The summed E-state index contributed by atoms with van der Waals surface area (Å²) in [5, 5.41) is 3.16. The molecular weight excluding hydrogens is 316 g/mol. The number of amides is 2. The number of hydrogen-bond acceptors (Lipinski definition) is 4. The van der Waals surface area contributed by atoms with Crippen molar-refractivity contribution in [3.05, 3.63) is 53.6 Å². The molecule has 130 valence electrons. The maximum Gasteiger partial charge on any atom is 0.256 e. The second-order valence-electron chi connectivity index (χ2n) is 6.17. The summed E-state index contributed by atoms with van der Waals surface area (Å²) >= 11 is 0. The SMILES string of the molecule is CCOc1ccc(NC2CC(=O)N(c3c(C)cccc3C)C2=O)cc1. The van der Waals surface area contributed by atoms with E-state index < -0.39 is 6.04 Å². The fraction of sp³-hybridized carbons (Fsp3) is 0.300. The van der Waals surface area contributed by atoms with Crippen molar-refractivity contribution >= 4 is 23.2 Å². The fourth-order valence-corrected chi connectivity index (χ4v) is 3.15. The van der Waals surface area contributed by atoms with E-state index in [0.717, 1.165) is 22.6 Å². The van der Waals surface area contributed by atoms with E-state index in [1.54, 1.807) is 0 Å². The number of imide groups is 1. The molecule has 0 radical (unpaired) electrons. The highest BCUT2D eigenvalue weighted by atomic mass is 16.5. The van der Waals surface area contributed by atoms with E-state index in [9.17, 15) is 9.59 Å². The van der Waals surface area contributed by atoms with Crippen LogP contribution in [0.2, 0.25) is 0 Å². The molecule has 2 aromatic rings. The zero-order valence-electron chi connectivity index (χ0n) is 14.7. The van der Waals surface area contributed by atoms with Crippen LogP contribution in [0.3, 0.4) is 0 Å². The van der Waals surface area contributed by atoms with Gasteiger partial charge in [0.15, 0.2) is 0 Å². The van der Waals surface area contributed by atoms with Gasteiger partial charge in [-0.3, -0.25) is 9.59 Å². The maximum atomic E-state index is 12.8. The fourth-order valence-electron chi connectivity index (χ4n) is 3.15. The molecule has 1 aliphatic heterocycles. The molecular formula is C20H22N2O3. The average molecular weight is 338 g/mol. The van der Waals surface area contributed by atoms with Crippen molar-refractivity contribution in [1.82, 2.24) is 0 Å². The highest BCUT2D eigenvalue weighted by Crippen LogP contribution is 2.30. The van der Waals surface area contributed by atoms with E-state index in [2.05, 4.69) is 5.32 Å². The van der Waals surface area contributed by atoms with Crippen molar-refractivity contribution < 1.29 is 14.3 Å². The van der Waals surface area contributed by atoms with Gasteiger partial charge >= 0.3 is 0 Å². The van der Waals surface area contributed by atoms with E-state index in [1.807, 2.05) is 63.2 Å². The molecule has 0 aromatic heterocycles. The van der Waals surface area contributed by atoms with Gasteiger partial charge in [0.1, 0.15) is 11.8 Å². The molecule has 0 saturated carbocycles. The monoisotopic (exact) mass is 338 g/mol. The van der Waals surface area contributed by atoms with Crippen LogP contribution < -0.4 is 15.0 Å². The first-order valence-corrected chi connectivity index (χ1v) is 8.43. The van der Waals surface area contributed by atoms with E-state index >= 15 is 0 Å². The summed E-state index contributed by atoms with van der Waals surface area (Å²) in [6.07, 6.45) is 0.153. The van der Waals surface area contributed by atoms with Crippen LogP contribution in [0.25, 0.3) is 0 Å². The van der Waals surface area contributed by atoms with Gasteiger partial charge in [-0.05, 0) is 56.2 Å². The van der Waals surface area contributed by atoms with Crippen molar-refractivity contribution in [2.24, 2.45) is 0 Å². The molecule has 2 amide bonds. The summed E-state index contributed by atoms with van der Waals surface area (Å²) < 4.78 is 5.41. The Morgan fingerprint density at radius 2 is 1.72 bits per heavy atom. The highest BCUT2D eigenvalue weighted by Gasteiger charge is 2.40. The van der Waals surface area contributed by atoms with Crippen molar-refractivity contribution in [1.29, 1.82) is 0 Å². The van der Waals surface area contributed by atoms with E-state index in [1.165, 1.54) is 4.90 Å². The summed E-state index contributed by atoms with van der Waals surface area (Å²) in [5.41, 5.74) is 3.33. The van der Waals surface area contributed by atoms with Gasteiger partial charge in [-0.2, -0.15) is 0 Å². The van der Waals surface area contributed by atoms with Crippen molar-refractivity contribution in [2.45, 2.75) is 33.2 Å². The molecule has 1 N–H and O–H groups in total. The normalized spacial score (nSPS) is 17.1. The standard InChI is InChI=1S/C20H22N2O3/c1-4-25-16-10-8-15(9-11-16)21-17-12-18(23)22(20(17)24)19-13(2)6-5-7-14(19)3/h5-11,17,21H,4,12H2,1-3H3. The predicted octanol–water partition coefficient (Wildman–Crippen LogP) is 3.45. The zero-order chi connectivity index (χ0) is 18.0. The van der Waals surface area contributed by atoms with Gasteiger partial charge in [0.25, 0.3) is 5.91 Å². The number of aryl methyl sites for hydroxylation is 2. The molecule has 1 saturated heterocycles. The van der Waals surface area contributed by atoms with Gasteiger partial charge in [0.2, 0.25) is 5.91 Å². The first-order chi connectivity index (χ1) is 12.0. The first kappa shape index (κ1) is 17.0. The molecule has 1 fully saturated rings. The van der Waals surface area contributed by atoms with Gasteiger partial charge in [-0.1, -0.05) is 18.2 Å². The molecule has 5 nitrogen and oxygen atoms in total. The van der Waals surface area contributed by atoms with Crippen LogP contribution in [0.1, 0.15) is 24.5 Å². The number of nitrogens with one attached hydrogen (secondary N) is 1. The van der Waals surface area contributed by atoms with Crippen molar-refractivity contribution in [3.8, 4) is 5.75 Å². The molecule has 1 atom stereocenters. The zero-order valence-corrected chi connectivity index (χ0v) is 14.7. The second kappa shape index (κ2) is 6.97. The number of anilines is 2. The quantitative estimate of drug-likeness (QED) is 0.849. The Balaban J connectivity index is 1.79. The molecule has 0 aliphatic carbocycles. The van der Waals surface area contributed by atoms with Crippen LogP contribution >= 0.6 is 0 Å². The summed E-state index contributed by atoms with van der Waals surface area (Å²) in [4.78, 5) is 26.6. The Hall–Kier alpha value is -2.82. The van der Waals surface area contributed by atoms with Gasteiger partial charge in [-0.25, -0.2) is 4.90 Å². The van der Waals surface area contributed by atoms with Gasteiger partial charge in [0.05, 0.1) is 18.7 Å². The lowest BCUT2D eigenvalue weighted by atomic mass is 10.1. The molecule has 1 aliphatic rings. The van der Waals surface area contributed by atoms with Gasteiger partial charge in [-0.15, -0.1) is 0 Å². The molecule has 3 rings (SSSR count). The third kappa shape index (κ3) is 3.36. The van der Waals surface area contributed by atoms with E-state index in [0.29, 0.717) is 12.3 Å². The van der Waals surface area contributed by atoms with E-state index in [4.69, 9.17) is 4.74 Å². The van der Waals surface area contributed by atoms with Crippen LogP contribution in [0.4, 0.5) is 11.4 Å². The lowest BCUT2D eigenvalue weighted by Gasteiger charge is -2.20. The Morgan fingerprint density at radius 3 is 2.32 bits per heavy atom. The minimum Gasteiger partial charge on any atom is -0.494 e.